The maximum atomic E-state index is 13.3. The van der Waals surface area contributed by atoms with Crippen LogP contribution in [0, 0.1) is 5.82 Å². The van der Waals surface area contributed by atoms with Gasteiger partial charge in [-0.05, 0) is 60.7 Å². The van der Waals surface area contributed by atoms with E-state index in [-0.39, 0.29) is 5.82 Å². The zero-order chi connectivity index (χ0) is 24.5. The van der Waals surface area contributed by atoms with Crippen LogP contribution in [0.1, 0.15) is 10.6 Å². The largest absolute Gasteiger partial charge is 0.422 e. The summed E-state index contributed by atoms with van der Waals surface area (Å²) >= 11 is 1.48. The highest BCUT2D eigenvalue weighted by atomic mass is 32.1. The Morgan fingerprint density at radius 1 is 0.917 bits per heavy atom. The van der Waals surface area contributed by atoms with Crippen LogP contribution in [0.3, 0.4) is 0 Å². The van der Waals surface area contributed by atoms with Crippen LogP contribution in [-0.4, -0.2) is 14.8 Å². The first-order valence-electron chi connectivity index (χ1n) is 11.2. The lowest BCUT2D eigenvalue weighted by molar-refractivity contribution is 0.563. The van der Waals surface area contributed by atoms with E-state index in [4.69, 9.17) is 9.52 Å². The molecule has 0 aliphatic carbocycles. The molecule has 0 fully saturated rings. The molecule has 3 heterocycles. The number of rotatable bonds is 5. The van der Waals surface area contributed by atoms with Crippen LogP contribution >= 0.6 is 11.3 Å². The zero-order valence-corrected chi connectivity index (χ0v) is 19.7. The second-order valence-electron chi connectivity index (χ2n) is 8.11. The number of benzene rings is 3. The second-order valence-corrected chi connectivity index (χ2v) is 9.00. The summed E-state index contributed by atoms with van der Waals surface area (Å²) in [5.74, 6) is -0.282. The first kappa shape index (κ1) is 21.9. The molecule has 0 amide bonds. The molecule has 174 valence electrons. The highest BCUT2D eigenvalue weighted by Crippen LogP contribution is 2.28. The van der Waals surface area contributed by atoms with Gasteiger partial charge in [0.05, 0.1) is 16.9 Å². The van der Waals surface area contributed by atoms with Crippen LogP contribution in [0.25, 0.3) is 51.3 Å². The topological polar surface area (TPSA) is 60.9 Å². The Labute approximate surface area is 209 Å². The molecule has 3 aromatic carbocycles. The third-order valence-electron chi connectivity index (χ3n) is 5.73. The highest BCUT2D eigenvalue weighted by Gasteiger charge is 2.16. The Morgan fingerprint density at radius 2 is 1.69 bits per heavy atom. The summed E-state index contributed by atoms with van der Waals surface area (Å²) in [6.45, 7) is 0. The number of nitrogens with zero attached hydrogens (tertiary/aromatic N) is 3. The van der Waals surface area contributed by atoms with Crippen molar-refractivity contribution in [2.45, 2.75) is 0 Å². The summed E-state index contributed by atoms with van der Waals surface area (Å²) < 4.78 is 20.6. The summed E-state index contributed by atoms with van der Waals surface area (Å²) in [4.78, 5) is 17.6. The van der Waals surface area contributed by atoms with Crippen LogP contribution in [0.5, 0.6) is 0 Å². The SMILES string of the molecule is O=c1oc2ccccc2cc1-c1nn(-c2ccccc2)cc1/C=C/c1nc(-c2ccc(F)cc2)cs1. The van der Waals surface area contributed by atoms with E-state index in [1.165, 1.54) is 23.5 Å². The third kappa shape index (κ3) is 4.28. The summed E-state index contributed by atoms with van der Waals surface area (Å²) in [6.07, 6.45) is 5.66. The van der Waals surface area contributed by atoms with E-state index in [0.29, 0.717) is 16.8 Å². The van der Waals surface area contributed by atoms with Crippen molar-refractivity contribution in [1.82, 2.24) is 14.8 Å². The van der Waals surface area contributed by atoms with Crippen molar-refractivity contribution in [1.29, 1.82) is 0 Å². The van der Waals surface area contributed by atoms with Crippen molar-refractivity contribution in [3.8, 4) is 28.2 Å². The molecule has 0 radical (unpaired) electrons. The Morgan fingerprint density at radius 3 is 2.53 bits per heavy atom. The fourth-order valence-electron chi connectivity index (χ4n) is 3.94. The van der Waals surface area contributed by atoms with Gasteiger partial charge < -0.3 is 4.42 Å². The molecule has 0 saturated heterocycles. The fraction of sp³-hybridized carbons (Fsp3) is 0. The minimum atomic E-state index is -0.450. The molecule has 3 aromatic heterocycles. The molecule has 0 bridgehead atoms. The van der Waals surface area contributed by atoms with Gasteiger partial charge in [-0.1, -0.05) is 36.4 Å². The van der Waals surface area contributed by atoms with Gasteiger partial charge in [0.1, 0.15) is 22.1 Å². The van der Waals surface area contributed by atoms with Crippen LogP contribution in [0.2, 0.25) is 0 Å². The predicted octanol–water partition coefficient (Wildman–Crippen LogP) is 7.08. The van der Waals surface area contributed by atoms with Crippen LogP contribution in [-0.2, 0) is 0 Å². The van der Waals surface area contributed by atoms with E-state index in [9.17, 15) is 9.18 Å². The Hall–Kier alpha value is -4.62. The van der Waals surface area contributed by atoms with Gasteiger partial charge in [0.2, 0.25) is 0 Å². The van der Waals surface area contributed by atoms with E-state index in [1.54, 1.807) is 22.9 Å². The first-order chi connectivity index (χ1) is 17.6. The lowest BCUT2D eigenvalue weighted by Gasteiger charge is -2.01. The number of halogens is 1. The van der Waals surface area contributed by atoms with Crippen molar-refractivity contribution in [2.75, 3.05) is 0 Å². The molecule has 0 saturated carbocycles. The van der Waals surface area contributed by atoms with Crippen molar-refractivity contribution >= 4 is 34.5 Å². The van der Waals surface area contributed by atoms with Gasteiger partial charge in [0, 0.05) is 28.1 Å². The molecule has 0 aliphatic heterocycles. The lowest BCUT2D eigenvalue weighted by atomic mass is 10.1. The minimum absolute atomic E-state index is 0.282. The average molecular weight is 492 g/mol. The summed E-state index contributed by atoms with van der Waals surface area (Å²) in [5.41, 5.74) is 4.22. The van der Waals surface area contributed by atoms with Crippen molar-refractivity contribution < 1.29 is 8.81 Å². The normalized spacial score (nSPS) is 11.5. The molecule has 7 heteroatoms. The molecule has 6 aromatic rings. The first-order valence-corrected chi connectivity index (χ1v) is 12.1. The summed E-state index contributed by atoms with van der Waals surface area (Å²) in [7, 11) is 0. The number of hydrogen-bond donors (Lipinski definition) is 0. The Kier molecular flexibility index (Phi) is 5.59. The minimum Gasteiger partial charge on any atom is -0.422 e. The monoisotopic (exact) mass is 491 g/mol. The van der Waals surface area contributed by atoms with Crippen LogP contribution in [0.4, 0.5) is 4.39 Å². The quantitative estimate of drug-likeness (QED) is 0.242. The van der Waals surface area contributed by atoms with Gasteiger partial charge in [0.15, 0.2) is 0 Å². The highest BCUT2D eigenvalue weighted by molar-refractivity contribution is 7.10. The van der Waals surface area contributed by atoms with E-state index in [2.05, 4.69) is 4.98 Å². The number of fused-ring (bicyclic) bond motifs is 1. The standard InChI is InChI=1S/C29H18FN3O2S/c30-22-13-10-19(11-14-22)25-18-36-27(31-25)15-12-21-17-33(23-7-2-1-3-8-23)32-28(21)24-16-20-6-4-5-9-26(20)35-29(24)34/h1-18H/b15-12+. The van der Waals surface area contributed by atoms with Gasteiger partial charge >= 0.3 is 5.63 Å². The molecular weight excluding hydrogens is 473 g/mol. The molecular formula is C29H18FN3O2S. The maximum Gasteiger partial charge on any atom is 0.345 e. The number of para-hydroxylation sites is 2. The van der Waals surface area contributed by atoms with Gasteiger partial charge in [-0.2, -0.15) is 5.10 Å². The van der Waals surface area contributed by atoms with Crippen molar-refractivity contribution in [2.24, 2.45) is 0 Å². The molecule has 0 unspecified atom stereocenters. The third-order valence-corrected chi connectivity index (χ3v) is 6.54. The average Bonchev–Trinajstić information content (AvgIpc) is 3.55. The summed E-state index contributed by atoms with van der Waals surface area (Å²) in [6, 6.07) is 25.2. The second kappa shape index (κ2) is 9.20. The molecule has 5 nitrogen and oxygen atoms in total. The smallest absolute Gasteiger partial charge is 0.345 e. The van der Waals surface area contributed by atoms with Crippen molar-refractivity contribution in [3.05, 3.63) is 123 Å². The zero-order valence-electron chi connectivity index (χ0n) is 18.8. The number of aromatic nitrogens is 3. The molecule has 0 atom stereocenters. The Bertz CT molecular complexity index is 1770. The molecule has 0 spiro atoms. The van der Waals surface area contributed by atoms with E-state index in [1.807, 2.05) is 78.3 Å². The lowest BCUT2D eigenvalue weighted by Crippen LogP contribution is -2.04. The van der Waals surface area contributed by atoms with E-state index < -0.39 is 5.63 Å². The predicted molar refractivity (Wildman–Crippen MR) is 141 cm³/mol. The Balaban J connectivity index is 1.42. The number of hydrogen-bond acceptors (Lipinski definition) is 5. The number of thiazole rings is 1. The van der Waals surface area contributed by atoms with Crippen LogP contribution in [0.15, 0.2) is 106 Å². The van der Waals surface area contributed by atoms with Crippen molar-refractivity contribution in [3.63, 3.8) is 0 Å². The molecule has 6 rings (SSSR count). The maximum absolute atomic E-state index is 13.3. The van der Waals surface area contributed by atoms with Gasteiger partial charge in [0.25, 0.3) is 0 Å². The van der Waals surface area contributed by atoms with Gasteiger partial charge in [-0.3, -0.25) is 0 Å². The fourth-order valence-corrected chi connectivity index (χ4v) is 4.66. The van der Waals surface area contributed by atoms with Crippen LogP contribution < -0.4 is 5.63 Å². The van der Waals surface area contributed by atoms with E-state index in [0.717, 1.165) is 32.9 Å². The molecule has 0 aliphatic rings. The molecule has 0 N–H and O–H groups in total. The summed E-state index contributed by atoms with van der Waals surface area (Å²) in [5, 5.41) is 8.27. The van der Waals surface area contributed by atoms with Gasteiger partial charge in [-0.25, -0.2) is 18.9 Å². The van der Waals surface area contributed by atoms with E-state index >= 15 is 0 Å². The van der Waals surface area contributed by atoms with Gasteiger partial charge in [-0.15, -0.1) is 11.3 Å². The molecule has 36 heavy (non-hydrogen) atoms.